The van der Waals surface area contributed by atoms with Crippen LogP contribution in [-0.2, 0) is 20.2 Å². The Balaban J connectivity index is 0.000000562. The van der Waals surface area contributed by atoms with Gasteiger partial charge in [-0.3, -0.25) is 0 Å². The van der Waals surface area contributed by atoms with Gasteiger partial charge in [0.15, 0.2) is 0 Å². The topological polar surface area (TPSA) is 133 Å². The molecule has 0 aliphatic rings. The standard InChI is InChI=1S/2C10H12O4S.Ba/c2*1-8(2)7-14-9-4-3-5-10(6-9)15(11,12)13;/h2*3-6H,1,7H2,2H3,(H,11,12,13);/q;;+2/p-2. The first kappa shape index (κ1) is 29.9. The molecule has 0 saturated heterocycles. The van der Waals surface area contributed by atoms with Gasteiger partial charge in [0, 0.05) is 0 Å². The molecule has 0 spiro atoms. The Bertz CT molecular complexity index is 1020. The van der Waals surface area contributed by atoms with Gasteiger partial charge in [0.2, 0.25) is 0 Å². The molecule has 31 heavy (non-hydrogen) atoms. The van der Waals surface area contributed by atoms with Crippen LogP contribution in [0.5, 0.6) is 11.5 Å². The summed E-state index contributed by atoms with van der Waals surface area (Å²) in [4.78, 5) is -0.580. The van der Waals surface area contributed by atoms with Crippen LogP contribution in [0.25, 0.3) is 0 Å². The van der Waals surface area contributed by atoms with Gasteiger partial charge < -0.3 is 18.6 Å². The Morgan fingerprint density at radius 2 is 1.10 bits per heavy atom. The molecule has 8 nitrogen and oxygen atoms in total. The molecular formula is C20H22BaO8S2. The van der Waals surface area contributed by atoms with Crippen molar-refractivity contribution < 1.29 is 35.4 Å². The van der Waals surface area contributed by atoms with E-state index >= 15 is 0 Å². The summed E-state index contributed by atoms with van der Waals surface area (Å²) in [6, 6.07) is 10.9. The Kier molecular flexibility index (Phi) is 13.0. The molecule has 2 rings (SSSR count). The summed E-state index contributed by atoms with van der Waals surface area (Å²) in [5.41, 5.74) is 1.62. The zero-order valence-electron chi connectivity index (χ0n) is 17.2. The molecule has 0 radical (unpaired) electrons. The first-order chi connectivity index (χ1) is 13.8. The third kappa shape index (κ3) is 12.5. The van der Waals surface area contributed by atoms with Crippen LogP contribution in [0.3, 0.4) is 0 Å². The van der Waals surface area contributed by atoms with Gasteiger partial charge in [-0.15, -0.1) is 0 Å². The zero-order valence-corrected chi connectivity index (χ0v) is 23.3. The Labute approximate surface area is 223 Å². The van der Waals surface area contributed by atoms with Crippen LogP contribution >= 0.6 is 0 Å². The maximum atomic E-state index is 10.7. The van der Waals surface area contributed by atoms with Crippen molar-refractivity contribution >= 4 is 69.1 Å². The molecule has 0 saturated carbocycles. The number of ether oxygens (including phenoxy) is 2. The van der Waals surface area contributed by atoms with Crippen LogP contribution in [0.2, 0.25) is 0 Å². The van der Waals surface area contributed by atoms with E-state index in [1.165, 1.54) is 36.4 Å². The summed E-state index contributed by atoms with van der Waals surface area (Å²) in [5.74, 6) is 0.685. The Hall–Kier alpha value is -1.09. The third-order valence-electron chi connectivity index (χ3n) is 3.16. The third-order valence-corrected chi connectivity index (χ3v) is 4.82. The molecule has 0 amide bonds. The van der Waals surface area contributed by atoms with E-state index in [2.05, 4.69) is 13.2 Å². The average molecular weight is 592 g/mol. The minimum atomic E-state index is -4.42. The zero-order chi connectivity index (χ0) is 22.9. The molecule has 2 aromatic carbocycles. The van der Waals surface area contributed by atoms with Crippen molar-refractivity contribution in [2.24, 2.45) is 0 Å². The molecule has 2 aromatic rings. The van der Waals surface area contributed by atoms with Crippen LogP contribution in [-0.4, -0.2) is 88.0 Å². The fraction of sp³-hybridized carbons (Fsp3) is 0.200. The quantitative estimate of drug-likeness (QED) is 0.260. The number of hydrogen-bond donors (Lipinski definition) is 0. The predicted octanol–water partition coefficient (Wildman–Crippen LogP) is 2.71. The van der Waals surface area contributed by atoms with Crippen LogP contribution in [0, 0.1) is 0 Å². The summed E-state index contributed by atoms with van der Waals surface area (Å²) in [6.07, 6.45) is 0. The summed E-state index contributed by atoms with van der Waals surface area (Å²) in [6.45, 7) is 11.4. The van der Waals surface area contributed by atoms with Crippen molar-refractivity contribution in [3.63, 3.8) is 0 Å². The molecule has 11 heteroatoms. The molecule has 0 aliphatic heterocycles. The largest absolute Gasteiger partial charge is 2.00 e. The molecule has 0 aliphatic carbocycles. The summed E-state index contributed by atoms with van der Waals surface area (Å²) in [7, 11) is -8.83. The van der Waals surface area contributed by atoms with E-state index in [1.807, 2.05) is 0 Å². The summed E-state index contributed by atoms with van der Waals surface area (Å²) >= 11 is 0. The minimum absolute atomic E-state index is 0. The van der Waals surface area contributed by atoms with E-state index in [-0.39, 0.29) is 58.7 Å². The first-order valence-corrected chi connectivity index (χ1v) is 11.3. The number of hydrogen-bond acceptors (Lipinski definition) is 8. The molecule has 0 fully saturated rings. The van der Waals surface area contributed by atoms with Crippen molar-refractivity contribution in [3.05, 3.63) is 72.8 Å². The maximum absolute atomic E-state index is 10.7. The molecule has 0 atom stereocenters. The molecular weight excluding hydrogens is 570 g/mol. The van der Waals surface area contributed by atoms with Crippen LogP contribution in [0.4, 0.5) is 0 Å². The number of benzene rings is 2. The molecule has 0 aromatic heterocycles. The van der Waals surface area contributed by atoms with Crippen LogP contribution < -0.4 is 9.47 Å². The molecule has 0 unspecified atom stereocenters. The molecule has 164 valence electrons. The van der Waals surface area contributed by atoms with Crippen molar-refractivity contribution in [1.82, 2.24) is 0 Å². The fourth-order valence-corrected chi connectivity index (χ4v) is 2.86. The number of rotatable bonds is 8. The van der Waals surface area contributed by atoms with Crippen molar-refractivity contribution in [1.29, 1.82) is 0 Å². The van der Waals surface area contributed by atoms with Gasteiger partial charge in [-0.25, -0.2) is 16.8 Å². The van der Waals surface area contributed by atoms with E-state index < -0.39 is 20.2 Å². The normalized spacial score (nSPS) is 10.7. The fourth-order valence-electron chi connectivity index (χ4n) is 1.85. The summed E-state index contributed by atoms with van der Waals surface area (Å²) < 4.78 is 74.6. The van der Waals surface area contributed by atoms with Gasteiger partial charge >= 0.3 is 48.9 Å². The smallest absolute Gasteiger partial charge is 0.744 e. The molecule has 0 bridgehead atoms. The second kappa shape index (κ2) is 13.5. The summed E-state index contributed by atoms with van der Waals surface area (Å²) in [5, 5.41) is 0. The van der Waals surface area contributed by atoms with Gasteiger partial charge in [0.05, 0.1) is 9.79 Å². The van der Waals surface area contributed by atoms with E-state index in [1.54, 1.807) is 26.0 Å². The SMILES string of the molecule is C=C(C)COc1cccc(S(=O)(=O)[O-])c1.C=C(C)COc1cccc(S(=O)(=O)[O-])c1.[Ba+2]. The van der Waals surface area contributed by atoms with E-state index in [0.717, 1.165) is 11.1 Å². The monoisotopic (exact) mass is 592 g/mol. The van der Waals surface area contributed by atoms with Gasteiger partial charge in [-0.2, -0.15) is 0 Å². The second-order valence-electron chi connectivity index (χ2n) is 6.35. The second-order valence-corrected chi connectivity index (χ2v) is 9.11. The van der Waals surface area contributed by atoms with Crippen LogP contribution in [0.1, 0.15) is 13.8 Å². The van der Waals surface area contributed by atoms with Crippen molar-refractivity contribution in [2.75, 3.05) is 13.2 Å². The van der Waals surface area contributed by atoms with Crippen molar-refractivity contribution in [3.8, 4) is 11.5 Å². The van der Waals surface area contributed by atoms with Gasteiger partial charge in [-0.1, -0.05) is 25.3 Å². The van der Waals surface area contributed by atoms with Gasteiger partial charge in [-0.05, 0) is 61.4 Å². The van der Waals surface area contributed by atoms with Crippen molar-refractivity contribution in [2.45, 2.75) is 23.6 Å². The molecule has 0 heterocycles. The predicted molar refractivity (Wildman–Crippen MR) is 115 cm³/mol. The Morgan fingerprint density at radius 1 is 0.774 bits per heavy atom. The van der Waals surface area contributed by atoms with E-state index in [9.17, 15) is 25.9 Å². The van der Waals surface area contributed by atoms with E-state index in [0.29, 0.717) is 24.7 Å². The van der Waals surface area contributed by atoms with Gasteiger partial charge in [0.1, 0.15) is 44.9 Å². The average Bonchev–Trinajstić information content (AvgIpc) is 2.64. The minimum Gasteiger partial charge on any atom is -0.744 e. The molecule has 0 N–H and O–H groups in total. The van der Waals surface area contributed by atoms with Crippen LogP contribution in [0.15, 0.2) is 82.6 Å². The first-order valence-electron chi connectivity index (χ1n) is 8.45. The Morgan fingerprint density at radius 3 is 1.35 bits per heavy atom. The van der Waals surface area contributed by atoms with Gasteiger partial charge in [0.25, 0.3) is 0 Å². The maximum Gasteiger partial charge on any atom is 2.00 e. The van der Waals surface area contributed by atoms with E-state index in [4.69, 9.17) is 9.47 Å².